The monoisotopic (exact) mass is 286 g/mol. The molecule has 20 heavy (non-hydrogen) atoms. The average Bonchev–Trinajstić information content (AvgIpc) is 2.70. The van der Waals surface area contributed by atoms with Crippen LogP contribution in [-0.2, 0) is 14.4 Å². The van der Waals surface area contributed by atoms with Gasteiger partial charge in [-0.3, -0.25) is 9.59 Å². The summed E-state index contributed by atoms with van der Waals surface area (Å²) in [5.41, 5.74) is -0.531. The molecule has 0 aromatic rings. The van der Waals surface area contributed by atoms with Crippen LogP contribution in [0.3, 0.4) is 0 Å². The van der Waals surface area contributed by atoms with Crippen LogP contribution < -0.4 is 5.32 Å². The molecule has 114 valence electrons. The summed E-state index contributed by atoms with van der Waals surface area (Å²) >= 11 is 0. The Kier molecular flexibility index (Phi) is 5.10. The third-order valence-electron chi connectivity index (χ3n) is 3.19. The lowest BCUT2D eigenvalue weighted by atomic mass is 9.96. The summed E-state index contributed by atoms with van der Waals surface area (Å²) in [5, 5.41) is 21.1. The van der Waals surface area contributed by atoms with E-state index in [1.807, 2.05) is 0 Å². The summed E-state index contributed by atoms with van der Waals surface area (Å²) in [6.07, 6.45) is -0.725. The van der Waals surface area contributed by atoms with E-state index in [4.69, 9.17) is 5.11 Å². The molecule has 7 nitrogen and oxygen atoms in total. The van der Waals surface area contributed by atoms with Gasteiger partial charge in [0.25, 0.3) is 0 Å². The summed E-state index contributed by atoms with van der Waals surface area (Å²) in [5.74, 6) is -1.65. The maximum atomic E-state index is 11.9. The number of amides is 2. The van der Waals surface area contributed by atoms with Gasteiger partial charge in [-0.25, -0.2) is 4.79 Å². The summed E-state index contributed by atoms with van der Waals surface area (Å²) < 4.78 is 0. The molecule has 3 N–H and O–H groups in total. The third-order valence-corrected chi connectivity index (χ3v) is 3.19. The van der Waals surface area contributed by atoms with E-state index >= 15 is 0 Å². The number of likely N-dealkylation sites (tertiary alicyclic amines) is 1. The van der Waals surface area contributed by atoms with Crippen LogP contribution >= 0.6 is 0 Å². The van der Waals surface area contributed by atoms with Crippen molar-refractivity contribution in [3.8, 4) is 0 Å². The maximum absolute atomic E-state index is 11.9. The normalized spacial score (nSPS) is 22.7. The van der Waals surface area contributed by atoms with Gasteiger partial charge in [-0.05, 0) is 0 Å². The average molecular weight is 286 g/mol. The summed E-state index contributed by atoms with van der Waals surface area (Å²) in [7, 11) is 0. The van der Waals surface area contributed by atoms with Gasteiger partial charge in [0.15, 0.2) is 0 Å². The topological polar surface area (TPSA) is 107 Å². The molecule has 0 aromatic carbocycles. The fourth-order valence-electron chi connectivity index (χ4n) is 2.02. The molecule has 2 atom stereocenters. The van der Waals surface area contributed by atoms with Crippen LogP contribution in [0.1, 0.15) is 33.6 Å². The first kappa shape index (κ1) is 16.4. The van der Waals surface area contributed by atoms with Gasteiger partial charge in [-0.15, -0.1) is 0 Å². The molecule has 1 rings (SSSR count). The molecular formula is C13H22N2O5. The van der Waals surface area contributed by atoms with Gasteiger partial charge in [0, 0.05) is 31.3 Å². The zero-order chi connectivity index (χ0) is 15.5. The Morgan fingerprint density at radius 3 is 2.40 bits per heavy atom. The molecule has 1 aliphatic rings. The molecule has 0 saturated carbocycles. The Bertz CT molecular complexity index is 402. The minimum atomic E-state index is -1.12. The number of β-amino-alcohol motifs (C(OH)–C–C–N with tert-alkyl or cyclic N) is 1. The molecule has 7 heteroatoms. The second kappa shape index (κ2) is 6.21. The van der Waals surface area contributed by atoms with Gasteiger partial charge in [0.2, 0.25) is 11.8 Å². The number of hydrogen-bond acceptors (Lipinski definition) is 4. The van der Waals surface area contributed by atoms with E-state index in [-0.39, 0.29) is 37.7 Å². The van der Waals surface area contributed by atoms with E-state index in [2.05, 4.69) is 5.32 Å². The zero-order valence-electron chi connectivity index (χ0n) is 12.0. The van der Waals surface area contributed by atoms with E-state index in [0.717, 1.165) is 4.90 Å². The number of carbonyl (C=O) groups is 3. The Hall–Kier alpha value is -1.63. The van der Waals surface area contributed by atoms with E-state index in [0.29, 0.717) is 0 Å². The minimum absolute atomic E-state index is 0.0261. The number of nitrogens with one attached hydrogen (secondary N) is 1. The largest absolute Gasteiger partial charge is 0.480 e. The van der Waals surface area contributed by atoms with Crippen LogP contribution in [0.25, 0.3) is 0 Å². The van der Waals surface area contributed by atoms with Gasteiger partial charge in [-0.2, -0.15) is 0 Å². The number of aliphatic carboxylic acids is 1. The van der Waals surface area contributed by atoms with Crippen molar-refractivity contribution in [2.45, 2.75) is 45.8 Å². The Balaban J connectivity index is 2.47. The molecule has 0 bridgehead atoms. The minimum Gasteiger partial charge on any atom is -0.480 e. The van der Waals surface area contributed by atoms with Crippen LogP contribution in [0.15, 0.2) is 0 Å². The van der Waals surface area contributed by atoms with Crippen LogP contribution in [-0.4, -0.2) is 58.1 Å². The van der Waals surface area contributed by atoms with Crippen molar-refractivity contribution in [1.29, 1.82) is 0 Å². The van der Waals surface area contributed by atoms with Crippen molar-refractivity contribution < 1.29 is 24.6 Å². The first-order chi connectivity index (χ1) is 9.12. The van der Waals surface area contributed by atoms with Crippen molar-refractivity contribution in [2.24, 2.45) is 5.41 Å². The predicted octanol–water partition coefficient (Wildman–Crippen LogP) is -0.415. The van der Waals surface area contributed by atoms with Gasteiger partial charge in [0.05, 0.1) is 6.10 Å². The highest BCUT2D eigenvalue weighted by atomic mass is 16.4. The summed E-state index contributed by atoms with van der Waals surface area (Å²) in [4.78, 5) is 35.7. The van der Waals surface area contributed by atoms with Gasteiger partial charge in [0.1, 0.15) is 6.04 Å². The first-order valence-electron chi connectivity index (χ1n) is 6.61. The smallest absolute Gasteiger partial charge is 0.326 e. The fraction of sp³-hybridized carbons (Fsp3) is 0.769. The van der Waals surface area contributed by atoms with E-state index < -0.39 is 23.5 Å². The lowest BCUT2D eigenvalue weighted by Gasteiger charge is -2.22. The molecular weight excluding hydrogens is 264 g/mol. The van der Waals surface area contributed by atoms with Gasteiger partial charge >= 0.3 is 5.97 Å². The van der Waals surface area contributed by atoms with Crippen LogP contribution in [0.2, 0.25) is 0 Å². The van der Waals surface area contributed by atoms with Crippen LogP contribution in [0, 0.1) is 5.41 Å². The molecule has 1 heterocycles. The van der Waals surface area contributed by atoms with Crippen molar-refractivity contribution in [3.63, 3.8) is 0 Å². The standard InChI is InChI=1S/C13H22N2O5/c1-13(2,3)12(20)14-5-4-10(17)15-7-8(16)6-9(15)11(18)19/h8-9,16H,4-7H2,1-3H3,(H,14,20)(H,18,19)/t8-,9-/m0/s1. The van der Waals surface area contributed by atoms with E-state index in [1.165, 1.54) is 0 Å². The maximum Gasteiger partial charge on any atom is 0.326 e. The molecule has 1 saturated heterocycles. The second-order valence-electron chi connectivity index (χ2n) is 6.05. The third kappa shape index (κ3) is 4.19. The Labute approximate surface area is 117 Å². The van der Waals surface area contributed by atoms with E-state index in [1.54, 1.807) is 20.8 Å². The SMILES string of the molecule is CC(C)(C)C(=O)NCCC(=O)N1C[C@@H](O)C[C@H]1C(=O)O. The number of carbonyl (C=O) groups excluding carboxylic acids is 2. The number of aliphatic hydroxyl groups excluding tert-OH is 1. The highest BCUT2D eigenvalue weighted by Crippen LogP contribution is 2.19. The summed E-state index contributed by atoms with van der Waals surface area (Å²) in [6.45, 7) is 5.49. The fourth-order valence-corrected chi connectivity index (χ4v) is 2.02. The van der Waals surface area contributed by atoms with Crippen molar-refractivity contribution in [2.75, 3.05) is 13.1 Å². The first-order valence-corrected chi connectivity index (χ1v) is 6.61. The molecule has 2 amide bonds. The molecule has 0 radical (unpaired) electrons. The summed E-state index contributed by atoms with van der Waals surface area (Å²) in [6, 6.07) is -0.976. The lowest BCUT2D eigenvalue weighted by Crippen LogP contribution is -2.42. The number of rotatable bonds is 4. The van der Waals surface area contributed by atoms with Crippen LogP contribution in [0.4, 0.5) is 0 Å². The zero-order valence-corrected chi connectivity index (χ0v) is 12.0. The Morgan fingerprint density at radius 1 is 1.30 bits per heavy atom. The second-order valence-corrected chi connectivity index (χ2v) is 6.05. The van der Waals surface area contributed by atoms with Gasteiger partial charge < -0.3 is 20.4 Å². The molecule has 1 aliphatic heterocycles. The van der Waals surface area contributed by atoms with E-state index in [9.17, 15) is 19.5 Å². The lowest BCUT2D eigenvalue weighted by molar-refractivity contribution is -0.148. The van der Waals surface area contributed by atoms with Crippen LogP contribution in [0.5, 0.6) is 0 Å². The van der Waals surface area contributed by atoms with Crippen molar-refractivity contribution in [3.05, 3.63) is 0 Å². The van der Waals surface area contributed by atoms with Crippen molar-refractivity contribution >= 4 is 17.8 Å². The molecule has 0 aromatic heterocycles. The molecule has 0 unspecified atom stereocenters. The number of carboxylic acid groups (broad SMARTS) is 1. The highest BCUT2D eigenvalue weighted by molar-refractivity contribution is 5.85. The quantitative estimate of drug-likeness (QED) is 0.651. The molecule has 0 aliphatic carbocycles. The van der Waals surface area contributed by atoms with Gasteiger partial charge in [-0.1, -0.05) is 20.8 Å². The number of nitrogens with zero attached hydrogens (tertiary/aromatic N) is 1. The highest BCUT2D eigenvalue weighted by Gasteiger charge is 2.38. The number of carboxylic acids is 1. The number of aliphatic hydroxyl groups is 1. The number of hydrogen-bond donors (Lipinski definition) is 3. The molecule has 0 spiro atoms. The van der Waals surface area contributed by atoms with Crippen molar-refractivity contribution in [1.82, 2.24) is 10.2 Å². The molecule has 1 fully saturated rings. The Morgan fingerprint density at radius 2 is 1.90 bits per heavy atom. The predicted molar refractivity (Wildman–Crippen MR) is 70.8 cm³/mol.